The molecule has 0 saturated carbocycles. The van der Waals surface area contributed by atoms with Crippen LogP contribution in [0.3, 0.4) is 0 Å². The van der Waals surface area contributed by atoms with Crippen molar-refractivity contribution < 1.29 is 9.47 Å². The van der Waals surface area contributed by atoms with E-state index in [1.165, 1.54) is 14.2 Å². The van der Waals surface area contributed by atoms with Gasteiger partial charge < -0.3 is 19.7 Å². The summed E-state index contributed by atoms with van der Waals surface area (Å²) in [5.41, 5.74) is -0.0599. The minimum atomic E-state index is -0.0599. The summed E-state index contributed by atoms with van der Waals surface area (Å²) >= 11 is 0. The number of hydrogen-bond acceptors (Lipinski definition) is 7. The molecule has 7 heteroatoms. The lowest BCUT2D eigenvalue weighted by Crippen LogP contribution is -2.58. The van der Waals surface area contributed by atoms with Crippen molar-refractivity contribution in [3.05, 3.63) is 0 Å². The summed E-state index contributed by atoms with van der Waals surface area (Å²) in [4.78, 5) is 14.7. The van der Waals surface area contributed by atoms with Gasteiger partial charge in [0.25, 0.3) is 0 Å². The summed E-state index contributed by atoms with van der Waals surface area (Å²) in [5.74, 6) is 0.588. The van der Waals surface area contributed by atoms with Crippen LogP contribution < -0.4 is 19.7 Å². The maximum Gasteiger partial charge on any atom is 0.324 e. The summed E-state index contributed by atoms with van der Waals surface area (Å²) in [6, 6.07) is 0.539. The van der Waals surface area contributed by atoms with Crippen molar-refractivity contribution >= 4 is 5.95 Å². The van der Waals surface area contributed by atoms with Crippen molar-refractivity contribution in [3.8, 4) is 12.0 Å². The monoisotopic (exact) mass is 253 g/mol. The molecule has 0 aromatic carbocycles. The zero-order valence-electron chi connectivity index (χ0n) is 11.2. The number of aromatic nitrogens is 3. The molecule has 0 atom stereocenters. The number of nitrogens with zero attached hydrogens (tertiary/aromatic N) is 4. The van der Waals surface area contributed by atoms with Gasteiger partial charge in [-0.25, -0.2) is 0 Å². The van der Waals surface area contributed by atoms with Gasteiger partial charge in [-0.05, 0) is 13.8 Å². The highest BCUT2D eigenvalue weighted by Gasteiger charge is 2.32. The molecule has 0 bridgehead atoms. The third-order valence-corrected chi connectivity index (χ3v) is 2.99. The Kier molecular flexibility index (Phi) is 3.51. The van der Waals surface area contributed by atoms with Gasteiger partial charge in [-0.15, -0.1) is 4.98 Å². The van der Waals surface area contributed by atoms with E-state index >= 15 is 0 Å². The Labute approximate surface area is 107 Å². The van der Waals surface area contributed by atoms with Crippen LogP contribution >= 0.6 is 0 Å². The van der Waals surface area contributed by atoms with Gasteiger partial charge in [0.05, 0.1) is 14.2 Å². The van der Waals surface area contributed by atoms with E-state index in [0.29, 0.717) is 5.95 Å². The first-order valence-electron chi connectivity index (χ1n) is 5.89. The summed E-state index contributed by atoms with van der Waals surface area (Å²) < 4.78 is 10.1. The largest absolute Gasteiger partial charge is 0.467 e. The molecule has 1 aliphatic heterocycles. The fraction of sp³-hybridized carbons (Fsp3) is 0.727. The Bertz CT molecular complexity index is 402. The molecule has 0 aliphatic carbocycles. The van der Waals surface area contributed by atoms with Gasteiger partial charge in [0.15, 0.2) is 0 Å². The fourth-order valence-corrected chi connectivity index (χ4v) is 1.99. The minimum absolute atomic E-state index is 0.0599. The Morgan fingerprint density at radius 3 is 2.22 bits per heavy atom. The lowest BCUT2D eigenvalue weighted by molar-refractivity contribution is 0.330. The molecule has 1 fully saturated rings. The van der Waals surface area contributed by atoms with Gasteiger partial charge in [-0.1, -0.05) is 0 Å². The Morgan fingerprint density at radius 1 is 1.11 bits per heavy atom. The molecule has 1 saturated heterocycles. The minimum Gasteiger partial charge on any atom is -0.467 e. The summed E-state index contributed by atoms with van der Waals surface area (Å²) in [6.45, 7) is 6.90. The predicted octanol–water partition coefficient (Wildman–Crippen LogP) is 0.0770. The lowest BCUT2D eigenvalue weighted by atomic mass is 10.0. The maximum atomic E-state index is 5.07. The molecule has 0 radical (unpaired) electrons. The number of rotatable bonds is 3. The molecule has 1 aromatic heterocycles. The van der Waals surface area contributed by atoms with E-state index in [2.05, 4.69) is 39.0 Å². The van der Waals surface area contributed by atoms with E-state index in [-0.39, 0.29) is 17.6 Å². The third kappa shape index (κ3) is 2.45. The molecule has 18 heavy (non-hydrogen) atoms. The number of ether oxygens (including phenoxy) is 2. The topological polar surface area (TPSA) is 72.4 Å². The van der Waals surface area contributed by atoms with Gasteiger partial charge >= 0.3 is 12.0 Å². The molecular weight excluding hydrogens is 234 g/mol. The Morgan fingerprint density at radius 2 is 1.72 bits per heavy atom. The number of anilines is 1. The summed E-state index contributed by atoms with van der Waals surface area (Å²) in [5, 5.41) is 3.36. The zero-order chi connectivity index (χ0) is 13.2. The van der Waals surface area contributed by atoms with Crippen LogP contribution in [0.1, 0.15) is 13.8 Å². The summed E-state index contributed by atoms with van der Waals surface area (Å²) in [6.07, 6.45) is 0. The SMILES string of the molecule is COc1nc(OC)nc(N2CCNCC2(C)C)n1. The van der Waals surface area contributed by atoms with Crippen LogP contribution in [-0.4, -0.2) is 54.3 Å². The van der Waals surface area contributed by atoms with Crippen molar-refractivity contribution in [1.29, 1.82) is 0 Å². The van der Waals surface area contributed by atoms with Crippen LogP contribution in [-0.2, 0) is 0 Å². The van der Waals surface area contributed by atoms with Crippen molar-refractivity contribution in [3.63, 3.8) is 0 Å². The first-order chi connectivity index (χ1) is 8.56. The number of piperazine rings is 1. The average molecular weight is 253 g/mol. The third-order valence-electron chi connectivity index (χ3n) is 2.99. The standard InChI is InChI=1S/C11H19N5O2/c1-11(2)7-12-5-6-16(11)8-13-9(17-3)15-10(14-8)18-4/h12H,5-7H2,1-4H3. The van der Waals surface area contributed by atoms with E-state index in [9.17, 15) is 0 Å². The first-order valence-corrected chi connectivity index (χ1v) is 5.89. The van der Waals surface area contributed by atoms with Gasteiger partial charge in [-0.2, -0.15) is 9.97 Å². The molecule has 2 heterocycles. The molecule has 0 spiro atoms. The van der Waals surface area contributed by atoms with E-state index in [4.69, 9.17) is 9.47 Å². The second kappa shape index (κ2) is 4.93. The molecular formula is C11H19N5O2. The van der Waals surface area contributed by atoms with E-state index < -0.39 is 0 Å². The normalized spacial score (nSPS) is 18.6. The number of nitrogens with one attached hydrogen (secondary N) is 1. The van der Waals surface area contributed by atoms with Crippen molar-refractivity contribution in [2.75, 3.05) is 38.8 Å². The molecule has 2 rings (SSSR count). The Balaban J connectivity index is 2.36. The summed E-state index contributed by atoms with van der Waals surface area (Å²) in [7, 11) is 3.06. The molecule has 0 unspecified atom stereocenters. The molecule has 1 aromatic rings. The number of methoxy groups -OCH3 is 2. The quantitative estimate of drug-likeness (QED) is 0.817. The van der Waals surface area contributed by atoms with Crippen molar-refractivity contribution in [1.82, 2.24) is 20.3 Å². The van der Waals surface area contributed by atoms with Gasteiger partial charge in [0.2, 0.25) is 5.95 Å². The maximum absolute atomic E-state index is 5.07. The van der Waals surface area contributed by atoms with E-state index in [1.807, 2.05) is 0 Å². The molecule has 100 valence electrons. The highest BCUT2D eigenvalue weighted by atomic mass is 16.5. The predicted molar refractivity (Wildman–Crippen MR) is 67.2 cm³/mol. The van der Waals surface area contributed by atoms with Crippen LogP contribution in [0.4, 0.5) is 5.95 Å². The van der Waals surface area contributed by atoms with Crippen LogP contribution in [0, 0.1) is 0 Å². The second-order valence-corrected chi connectivity index (χ2v) is 4.75. The van der Waals surface area contributed by atoms with Crippen molar-refractivity contribution in [2.24, 2.45) is 0 Å². The fourth-order valence-electron chi connectivity index (χ4n) is 1.99. The zero-order valence-corrected chi connectivity index (χ0v) is 11.2. The van der Waals surface area contributed by atoms with E-state index in [1.54, 1.807) is 0 Å². The average Bonchev–Trinajstić information content (AvgIpc) is 2.37. The van der Waals surface area contributed by atoms with Crippen LogP contribution in [0.15, 0.2) is 0 Å². The second-order valence-electron chi connectivity index (χ2n) is 4.75. The van der Waals surface area contributed by atoms with Crippen LogP contribution in [0.25, 0.3) is 0 Å². The van der Waals surface area contributed by atoms with Crippen LogP contribution in [0.2, 0.25) is 0 Å². The van der Waals surface area contributed by atoms with Crippen molar-refractivity contribution in [2.45, 2.75) is 19.4 Å². The molecule has 1 N–H and O–H groups in total. The molecule has 0 amide bonds. The molecule has 1 aliphatic rings. The van der Waals surface area contributed by atoms with Crippen LogP contribution in [0.5, 0.6) is 12.0 Å². The van der Waals surface area contributed by atoms with Gasteiger partial charge in [0.1, 0.15) is 0 Å². The number of hydrogen-bond donors (Lipinski definition) is 1. The lowest BCUT2D eigenvalue weighted by Gasteiger charge is -2.42. The first kappa shape index (κ1) is 12.8. The van der Waals surface area contributed by atoms with E-state index in [0.717, 1.165) is 19.6 Å². The highest BCUT2D eigenvalue weighted by Crippen LogP contribution is 2.24. The molecule has 7 nitrogen and oxygen atoms in total. The highest BCUT2D eigenvalue weighted by molar-refractivity contribution is 5.37. The Hall–Kier alpha value is -1.63. The smallest absolute Gasteiger partial charge is 0.324 e. The van der Waals surface area contributed by atoms with Gasteiger partial charge in [-0.3, -0.25) is 0 Å². The van der Waals surface area contributed by atoms with Gasteiger partial charge in [0, 0.05) is 25.2 Å².